The average Bonchev–Trinajstić information content (AvgIpc) is 2.60. The molecule has 0 bridgehead atoms. The van der Waals surface area contributed by atoms with Gasteiger partial charge >= 0.3 is 0 Å². The number of benzene rings is 1. The van der Waals surface area contributed by atoms with E-state index in [-0.39, 0.29) is 11.8 Å². The van der Waals surface area contributed by atoms with Crippen molar-refractivity contribution in [3.8, 4) is 5.75 Å². The van der Waals surface area contributed by atoms with Gasteiger partial charge in [0.2, 0.25) is 5.91 Å². The highest BCUT2D eigenvalue weighted by molar-refractivity contribution is 6.07. The van der Waals surface area contributed by atoms with E-state index in [4.69, 9.17) is 9.47 Å². The molecule has 0 aromatic heterocycles. The molecule has 27 heavy (non-hydrogen) atoms. The van der Waals surface area contributed by atoms with E-state index in [2.05, 4.69) is 17.2 Å². The molecule has 3 atom stereocenters. The number of anilines is 1. The molecule has 1 saturated heterocycles. The van der Waals surface area contributed by atoms with Crippen molar-refractivity contribution in [1.29, 1.82) is 0 Å². The van der Waals surface area contributed by atoms with Crippen LogP contribution in [-0.2, 0) is 14.3 Å². The van der Waals surface area contributed by atoms with Crippen LogP contribution < -0.4 is 20.3 Å². The molecule has 0 aliphatic carbocycles. The number of hydrogen-bond donors (Lipinski definition) is 2. The Morgan fingerprint density at radius 1 is 1.30 bits per heavy atom. The minimum Gasteiger partial charge on any atom is -0.497 e. The van der Waals surface area contributed by atoms with Crippen molar-refractivity contribution in [3.05, 3.63) is 36.9 Å². The number of rotatable bonds is 8. The lowest BCUT2D eigenvalue weighted by molar-refractivity contribution is -0.143. The average molecular weight is 375 g/mol. The maximum absolute atomic E-state index is 12.9. The molecule has 2 N–H and O–H groups in total. The molecular weight excluding hydrogens is 346 g/mol. The summed E-state index contributed by atoms with van der Waals surface area (Å²) in [6, 6.07) is 6.02. The largest absolute Gasteiger partial charge is 0.497 e. The van der Waals surface area contributed by atoms with E-state index < -0.39 is 23.7 Å². The second-order valence-electron chi connectivity index (χ2n) is 7.47. The van der Waals surface area contributed by atoms with Gasteiger partial charge in [-0.2, -0.15) is 0 Å². The van der Waals surface area contributed by atoms with Crippen LogP contribution in [0.2, 0.25) is 0 Å². The fourth-order valence-corrected chi connectivity index (χ4v) is 3.12. The number of carbonyl (C=O) groups is 2. The van der Waals surface area contributed by atoms with Gasteiger partial charge in [-0.15, -0.1) is 6.58 Å². The van der Waals surface area contributed by atoms with Crippen molar-refractivity contribution < 1.29 is 19.1 Å². The summed E-state index contributed by atoms with van der Waals surface area (Å²) in [4.78, 5) is 27.2. The minimum absolute atomic E-state index is 0.179. The molecule has 1 aromatic carbocycles. The van der Waals surface area contributed by atoms with Gasteiger partial charge in [-0.05, 0) is 45.0 Å². The van der Waals surface area contributed by atoms with Crippen molar-refractivity contribution in [2.24, 2.45) is 0 Å². The summed E-state index contributed by atoms with van der Waals surface area (Å²) in [5, 5.41) is 6.15. The molecule has 2 amide bonds. The molecule has 7 nitrogen and oxygen atoms in total. The molecule has 1 aliphatic rings. The molecule has 0 saturated carbocycles. The molecule has 1 aliphatic heterocycles. The van der Waals surface area contributed by atoms with E-state index in [1.54, 1.807) is 42.4 Å². The van der Waals surface area contributed by atoms with Gasteiger partial charge in [0, 0.05) is 24.9 Å². The lowest BCUT2D eigenvalue weighted by Gasteiger charge is -2.49. The van der Waals surface area contributed by atoms with Crippen LogP contribution in [0.15, 0.2) is 36.9 Å². The highest BCUT2D eigenvalue weighted by Gasteiger charge is 2.54. The maximum Gasteiger partial charge on any atom is 0.258 e. The number of β-lactam (4-membered cyclic amide) rings is 1. The lowest BCUT2D eigenvalue weighted by Crippen LogP contribution is -2.75. The monoisotopic (exact) mass is 375 g/mol. The molecular formula is C20H29N3O4. The predicted octanol–water partition coefficient (Wildman–Crippen LogP) is 1.48. The smallest absolute Gasteiger partial charge is 0.258 e. The number of amides is 2. The van der Waals surface area contributed by atoms with Crippen molar-refractivity contribution >= 4 is 17.5 Å². The number of ether oxygens (including phenoxy) is 2. The van der Waals surface area contributed by atoms with Crippen LogP contribution in [0.5, 0.6) is 5.75 Å². The summed E-state index contributed by atoms with van der Waals surface area (Å²) in [6.45, 7) is 9.87. The highest BCUT2D eigenvalue weighted by atomic mass is 16.5. The SMILES string of the molecule is C=CCN[C@H](C(=O)NC(C)(C)C)[C@H]1[C@@H](OC)C(=O)N1c1ccc(OC)cc1. The molecule has 1 aromatic rings. The zero-order valence-corrected chi connectivity index (χ0v) is 16.6. The Morgan fingerprint density at radius 2 is 1.93 bits per heavy atom. The Morgan fingerprint density at radius 3 is 2.41 bits per heavy atom. The van der Waals surface area contributed by atoms with Crippen molar-refractivity contribution in [3.63, 3.8) is 0 Å². The zero-order chi connectivity index (χ0) is 20.2. The zero-order valence-electron chi connectivity index (χ0n) is 16.6. The maximum atomic E-state index is 12.9. The number of nitrogens with one attached hydrogen (secondary N) is 2. The quantitative estimate of drug-likeness (QED) is 0.532. The van der Waals surface area contributed by atoms with Crippen LogP contribution >= 0.6 is 0 Å². The summed E-state index contributed by atoms with van der Waals surface area (Å²) < 4.78 is 10.6. The Kier molecular flexibility index (Phi) is 6.62. The van der Waals surface area contributed by atoms with Crippen molar-refractivity contribution in [2.75, 3.05) is 25.7 Å². The molecule has 2 rings (SSSR count). The summed E-state index contributed by atoms with van der Waals surface area (Å²) in [5.74, 6) is 0.322. The number of methoxy groups -OCH3 is 2. The first kappa shape index (κ1) is 20.9. The fourth-order valence-electron chi connectivity index (χ4n) is 3.12. The van der Waals surface area contributed by atoms with E-state index in [9.17, 15) is 9.59 Å². The van der Waals surface area contributed by atoms with Crippen LogP contribution in [0.3, 0.4) is 0 Å². The van der Waals surface area contributed by atoms with Crippen molar-refractivity contribution in [2.45, 2.75) is 44.5 Å². The first-order valence-electron chi connectivity index (χ1n) is 8.89. The fraction of sp³-hybridized carbons (Fsp3) is 0.500. The number of nitrogens with zero attached hydrogens (tertiary/aromatic N) is 1. The summed E-state index contributed by atoms with van der Waals surface area (Å²) in [7, 11) is 3.06. The molecule has 0 spiro atoms. The molecule has 0 radical (unpaired) electrons. The molecule has 1 fully saturated rings. The van der Waals surface area contributed by atoms with E-state index >= 15 is 0 Å². The Bertz CT molecular complexity index is 681. The van der Waals surface area contributed by atoms with E-state index in [0.717, 1.165) is 0 Å². The van der Waals surface area contributed by atoms with Gasteiger partial charge in [0.25, 0.3) is 5.91 Å². The topological polar surface area (TPSA) is 79.9 Å². The highest BCUT2D eigenvalue weighted by Crippen LogP contribution is 2.33. The molecule has 148 valence electrons. The molecule has 1 heterocycles. The minimum atomic E-state index is -0.694. The van der Waals surface area contributed by atoms with E-state index in [0.29, 0.717) is 18.0 Å². The number of hydrogen-bond acceptors (Lipinski definition) is 5. The Balaban J connectivity index is 2.34. The van der Waals surface area contributed by atoms with Crippen LogP contribution in [0.4, 0.5) is 5.69 Å². The summed E-state index contributed by atoms with van der Waals surface area (Å²) in [6.07, 6.45) is 0.984. The molecule has 0 unspecified atom stereocenters. The first-order valence-corrected chi connectivity index (χ1v) is 8.89. The third-order valence-corrected chi connectivity index (χ3v) is 4.30. The van der Waals surface area contributed by atoms with Gasteiger partial charge < -0.3 is 25.0 Å². The lowest BCUT2D eigenvalue weighted by atomic mass is 9.88. The van der Waals surface area contributed by atoms with Gasteiger partial charge in [-0.3, -0.25) is 9.59 Å². The second-order valence-corrected chi connectivity index (χ2v) is 7.47. The van der Waals surface area contributed by atoms with Gasteiger partial charge in [0.05, 0.1) is 13.2 Å². The number of carbonyl (C=O) groups excluding carboxylic acids is 2. The summed E-state index contributed by atoms with van der Waals surface area (Å²) in [5.41, 5.74) is 0.292. The second kappa shape index (κ2) is 8.54. The van der Waals surface area contributed by atoms with Crippen LogP contribution in [0, 0.1) is 0 Å². The predicted molar refractivity (Wildman–Crippen MR) is 105 cm³/mol. The molecule has 7 heteroatoms. The van der Waals surface area contributed by atoms with E-state index in [1.165, 1.54) is 7.11 Å². The van der Waals surface area contributed by atoms with Gasteiger partial charge in [-0.25, -0.2) is 0 Å². The normalized spacial score (nSPS) is 20.6. The van der Waals surface area contributed by atoms with Gasteiger partial charge in [0.15, 0.2) is 6.10 Å². The van der Waals surface area contributed by atoms with Gasteiger partial charge in [-0.1, -0.05) is 6.08 Å². The van der Waals surface area contributed by atoms with Crippen LogP contribution in [-0.4, -0.2) is 56.3 Å². The third kappa shape index (κ3) is 4.67. The van der Waals surface area contributed by atoms with Gasteiger partial charge in [0.1, 0.15) is 11.8 Å². The van der Waals surface area contributed by atoms with Crippen LogP contribution in [0.25, 0.3) is 0 Å². The van der Waals surface area contributed by atoms with Crippen LogP contribution in [0.1, 0.15) is 20.8 Å². The van der Waals surface area contributed by atoms with E-state index in [1.807, 2.05) is 20.8 Å². The standard InChI is InChI=1S/C20H29N3O4/c1-7-12-21-15(18(24)22-20(2,3)4)16-17(27-6)19(25)23(16)13-8-10-14(26-5)11-9-13/h7-11,15-17,21H,1,12H2,2-6H3,(H,22,24)/t15-,16-,17+/m0/s1. The Hall–Kier alpha value is -2.38. The summed E-state index contributed by atoms with van der Waals surface area (Å²) >= 11 is 0. The first-order chi connectivity index (χ1) is 12.7. The van der Waals surface area contributed by atoms with Crippen molar-refractivity contribution in [1.82, 2.24) is 10.6 Å². The third-order valence-electron chi connectivity index (χ3n) is 4.30. The Labute approximate surface area is 160 Å².